The number of halogens is 3. The summed E-state index contributed by atoms with van der Waals surface area (Å²) in [5, 5.41) is 2.70. The first-order valence-electron chi connectivity index (χ1n) is 5.88. The summed E-state index contributed by atoms with van der Waals surface area (Å²) in [5.74, 6) is -0.780. The van der Waals surface area contributed by atoms with Gasteiger partial charge in [0.25, 0.3) is 0 Å². The third kappa shape index (κ3) is 4.21. The lowest BCUT2D eigenvalue weighted by molar-refractivity contribution is -0.145. The SMILES string of the molecule is COCCNC(C(=O)OC)c1ccccc1C(F)(F)F. The average molecular weight is 291 g/mol. The molecule has 0 saturated carbocycles. The van der Waals surface area contributed by atoms with E-state index in [-0.39, 0.29) is 18.7 Å². The third-order valence-electron chi connectivity index (χ3n) is 2.67. The summed E-state index contributed by atoms with van der Waals surface area (Å²) in [4.78, 5) is 11.7. The lowest BCUT2D eigenvalue weighted by Crippen LogP contribution is -2.33. The molecule has 0 aliphatic rings. The molecular formula is C13H16F3NO3. The number of hydrogen-bond acceptors (Lipinski definition) is 4. The van der Waals surface area contributed by atoms with Gasteiger partial charge in [0.1, 0.15) is 6.04 Å². The minimum Gasteiger partial charge on any atom is -0.468 e. The van der Waals surface area contributed by atoms with Gasteiger partial charge >= 0.3 is 12.1 Å². The largest absolute Gasteiger partial charge is 0.468 e. The Bertz CT molecular complexity index is 449. The molecule has 1 rings (SSSR count). The molecule has 0 aliphatic carbocycles. The normalized spacial score (nSPS) is 13.1. The Morgan fingerprint density at radius 3 is 2.50 bits per heavy atom. The predicted octanol–water partition coefficient (Wildman–Crippen LogP) is 2.16. The molecule has 1 aromatic carbocycles. The average Bonchev–Trinajstić information content (AvgIpc) is 2.42. The fourth-order valence-corrected chi connectivity index (χ4v) is 1.75. The number of benzene rings is 1. The molecule has 0 heterocycles. The minimum atomic E-state index is -4.54. The standard InChI is InChI=1S/C13H16F3NO3/c1-19-8-7-17-11(12(18)20-2)9-5-3-4-6-10(9)13(14,15)16/h3-6,11,17H,7-8H2,1-2H3. The first kappa shape index (κ1) is 16.5. The molecule has 4 nitrogen and oxygen atoms in total. The molecule has 112 valence electrons. The van der Waals surface area contributed by atoms with Crippen LogP contribution in [0.1, 0.15) is 17.2 Å². The maximum absolute atomic E-state index is 13.0. The quantitative estimate of drug-likeness (QED) is 0.644. The highest BCUT2D eigenvalue weighted by Gasteiger charge is 2.36. The number of nitrogens with one attached hydrogen (secondary N) is 1. The van der Waals surface area contributed by atoms with Crippen molar-refractivity contribution in [1.82, 2.24) is 5.32 Å². The van der Waals surface area contributed by atoms with Gasteiger partial charge in [-0.25, -0.2) is 4.79 Å². The van der Waals surface area contributed by atoms with Gasteiger partial charge < -0.3 is 9.47 Å². The van der Waals surface area contributed by atoms with Crippen LogP contribution in [0.3, 0.4) is 0 Å². The zero-order valence-electron chi connectivity index (χ0n) is 11.2. The fourth-order valence-electron chi connectivity index (χ4n) is 1.75. The number of alkyl halides is 3. The van der Waals surface area contributed by atoms with Crippen LogP contribution in [0.4, 0.5) is 13.2 Å². The molecule has 0 radical (unpaired) electrons. The first-order valence-corrected chi connectivity index (χ1v) is 5.88. The van der Waals surface area contributed by atoms with Gasteiger partial charge in [-0.15, -0.1) is 0 Å². The van der Waals surface area contributed by atoms with Gasteiger partial charge in [0, 0.05) is 13.7 Å². The van der Waals surface area contributed by atoms with E-state index in [1.807, 2.05) is 0 Å². The number of carbonyl (C=O) groups excluding carboxylic acids is 1. The molecule has 0 amide bonds. The second-order valence-electron chi connectivity index (χ2n) is 3.99. The predicted molar refractivity (Wildman–Crippen MR) is 66.1 cm³/mol. The number of carbonyl (C=O) groups is 1. The molecule has 1 aromatic rings. The van der Waals surface area contributed by atoms with Crippen LogP contribution >= 0.6 is 0 Å². The summed E-state index contributed by atoms with van der Waals surface area (Å²) in [7, 11) is 2.59. The Balaban J connectivity index is 3.10. The van der Waals surface area contributed by atoms with Crippen molar-refractivity contribution < 1.29 is 27.4 Å². The van der Waals surface area contributed by atoms with Crippen LogP contribution in [0.15, 0.2) is 24.3 Å². The van der Waals surface area contributed by atoms with Gasteiger partial charge in [-0.1, -0.05) is 18.2 Å². The van der Waals surface area contributed by atoms with Crippen LogP contribution in [0, 0.1) is 0 Å². The summed E-state index contributed by atoms with van der Waals surface area (Å²) in [5.41, 5.74) is -1.02. The van der Waals surface area contributed by atoms with Crippen molar-refractivity contribution in [3.05, 3.63) is 35.4 Å². The van der Waals surface area contributed by atoms with Crippen LogP contribution in [0.2, 0.25) is 0 Å². The van der Waals surface area contributed by atoms with E-state index in [2.05, 4.69) is 10.1 Å². The van der Waals surface area contributed by atoms with Gasteiger partial charge in [0.2, 0.25) is 0 Å². The molecular weight excluding hydrogens is 275 g/mol. The Morgan fingerprint density at radius 1 is 1.30 bits per heavy atom. The summed E-state index contributed by atoms with van der Waals surface area (Å²) in [6.45, 7) is 0.490. The fraction of sp³-hybridized carbons (Fsp3) is 0.462. The molecule has 0 spiro atoms. The summed E-state index contributed by atoms with van der Waals surface area (Å²) < 4.78 is 48.2. The molecule has 0 aliphatic heterocycles. The van der Waals surface area contributed by atoms with E-state index in [0.717, 1.165) is 13.2 Å². The van der Waals surface area contributed by atoms with Crippen molar-refractivity contribution in [1.29, 1.82) is 0 Å². The number of hydrogen-bond donors (Lipinski definition) is 1. The van der Waals surface area contributed by atoms with Gasteiger partial charge in [-0.05, 0) is 11.6 Å². The molecule has 7 heteroatoms. The highest BCUT2D eigenvalue weighted by atomic mass is 19.4. The maximum Gasteiger partial charge on any atom is 0.416 e. The van der Waals surface area contributed by atoms with Crippen LogP contribution in [-0.4, -0.2) is 33.3 Å². The second kappa shape index (κ2) is 7.25. The van der Waals surface area contributed by atoms with E-state index < -0.39 is 23.8 Å². The van der Waals surface area contributed by atoms with Crippen LogP contribution in [0.5, 0.6) is 0 Å². The molecule has 1 unspecified atom stereocenters. The van der Waals surface area contributed by atoms with Crippen molar-refractivity contribution in [2.45, 2.75) is 12.2 Å². The summed E-state index contributed by atoms with van der Waals surface area (Å²) in [6.07, 6.45) is -4.54. The van der Waals surface area contributed by atoms with Crippen molar-refractivity contribution in [3.8, 4) is 0 Å². The highest BCUT2D eigenvalue weighted by Crippen LogP contribution is 2.34. The molecule has 20 heavy (non-hydrogen) atoms. The van der Waals surface area contributed by atoms with Crippen molar-refractivity contribution in [2.24, 2.45) is 0 Å². The van der Waals surface area contributed by atoms with Gasteiger partial charge in [-0.2, -0.15) is 13.2 Å². The Morgan fingerprint density at radius 2 is 1.95 bits per heavy atom. The van der Waals surface area contributed by atoms with Crippen LogP contribution in [-0.2, 0) is 20.4 Å². The van der Waals surface area contributed by atoms with E-state index in [1.54, 1.807) is 0 Å². The summed E-state index contributed by atoms with van der Waals surface area (Å²) >= 11 is 0. The van der Waals surface area contributed by atoms with Crippen molar-refractivity contribution >= 4 is 5.97 Å². The molecule has 1 atom stereocenters. The number of rotatable bonds is 6. The molecule has 0 bridgehead atoms. The van der Waals surface area contributed by atoms with E-state index in [1.165, 1.54) is 25.3 Å². The lowest BCUT2D eigenvalue weighted by Gasteiger charge is -2.20. The van der Waals surface area contributed by atoms with E-state index in [0.29, 0.717) is 0 Å². The molecule has 0 saturated heterocycles. The topological polar surface area (TPSA) is 47.6 Å². The number of esters is 1. The zero-order valence-corrected chi connectivity index (χ0v) is 11.2. The molecule has 0 fully saturated rings. The highest BCUT2D eigenvalue weighted by molar-refractivity contribution is 5.78. The first-order chi connectivity index (χ1) is 9.41. The van der Waals surface area contributed by atoms with Gasteiger partial charge in [0.05, 0.1) is 19.3 Å². The molecule has 0 aromatic heterocycles. The monoisotopic (exact) mass is 291 g/mol. The summed E-state index contributed by atoms with van der Waals surface area (Å²) in [6, 6.07) is 3.72. The van der Waals surface area contributed by atoms with Crippen LogP contribution < -0.4 is 5.32 Å². The zero-order chi connectivity index (χ0) is 15.2. The lowest BCUT2D eigenvalue weighted by atomic mass is 10.00. The Labute approximate surface area is 114 Å². The van der Waals surface area contributed by atoms with Crippen molar-refractivity contribution in [2.75, 3.05) is 27.4 Å². The van der Waals surface area contributed by atoms with E-state index in [9.17, 15) is 18.0 Å². The number of ether oxygens (including phenoxy) is 2. The second-order valence-corrected chi connectivity index (χ2v) is 3.99. The number of methoxy groups -OCH3 is 2. The van der Waals surface area contributed by atoms with Crippen LogP contribution in [0.25, 0.3) is 0 Å². The smallest absolute Gasteiger partial charge is 0.416 e. The minimum absolute atomic E-state index is 0.164. The van der Waals surface area contributed by atoms with Crippen molar-refractivity contribution in [3.63, 3.8) is 0 Å². The maximum atomic E-state index is 13.0. The Hall–Kier alpha value is -1.60. The van der Waals surface area contributed by atoms with E-state index in [4.69, 9.17) is 4.74 Å². The Kier molecular flexibility index (Phi) is 5.97. The van der Waals surface area contributed by atoms with Gasteiger partial charge in [-0.3, -0.25) is 5.32 Å². The van der Waals surface area contributed by atoms with E-state index >= 15 is 0 Å². The molecule has 1 N–H and O–H groups in total. The van der Waals surface area contributed by atoms with Gasteiger partial charge in [0.15, 0.2) is 0 Å². The third-order valence-corrected chi connectivity index (χ3v) is 2.67.